The quantitative estimate of drug-likeness (QED) is 0.795. The van der Waals surface area contributed by atoms with E-state index in [-0.39, 0.29) is 18.1 Å². The Labute approximate surface area is 97.7 Å². The Morgan fingerprint density at radius 2 is 2.06 bits per heavy atom. The number of hydrogen-bond donors (Lipinski definition) is 2. The Kier molecular flexibility index (Phi) is 2.86. The van der Waals surface area contributed by atoms with Gasteiger partial charge in [0.2, 0.25) is 5.91 Å². The van der Waals surface area contributed by atoms with Gasteiger partial charge in [-0.25, -0.2) is 5.01 Å². The molecule has 1 aliphatic heterocycles. The zero-order valence-corrected chi connectivity index (χ0v) is 9.04. The third-order valence-electron chi connectivity index (χ3n) is 2.56. The lowest BCUT2D eigenvalue weighted by Gasteiger charge is -2.28. The van der Waals surface area contributed by atoms with Crippen LogP contribution in [0.5, 0.6) is 5.75 Å². The van der Waals surface area contributed by atoms with Crippen LogP contribution in [0.3, 0.4) is 0 Å². The Balaban J connectivity index is 2.28. The lowest BCUT2D eigenvalue weighted by Crippen LogP contribution is -2.42. The van der Waals surface area contributed by atoms with Crippen LogP contribution in [0.15, 0.2) is 24.3 Å². The van der Waals surface area contributed by atoms with Gasteiger partial charge in [-0.2, -0.15) is 0 Å². The van der Waals surface area contributed by atoms with Crippen LogP contribution in [0.2, 0.25) is 0 Å². The second-order valence-corrected chi connectivity index (χ2v) is 3.71. The molecule has 6 nitrogen and oxygen atoms in total. The second-order valence-electron chi connectivity index (χ2n) is 3.71. The van der Waals surface area contributed by atoms with E-state index in [2.05, 4.69) is 0 Å². The van der Waals surface area contributed by atoms with Crippen LogP contribution in [0.25, 0.3) is 0 Å². The highest BCUT2D eigenvalue weighted by Crippen LogP contribution is 2.30. The number of carbonyl (C=O) groups is 2. The first-order valence-corrected chi connectivity index (χ1v) is 5.17. The average Bonchev–Trinajstić information content (AvgIpc) is 2.61. The third-order valence-corrected chi connectivity index (χ3v) is 2.56. The van der Waals surface area contributed by atoms with Crippen LogP contribution in [-0.2, 0) is 9.59 Å². The van der Waals surface area contributed by atoms with Crippen molar-refractivity contribution in [2.24, 2.45) is 0 Å². The Morgan fingerprint density at radius 3 is 2.71 bits per heavy atom. The zero-order chi connectivity index (χ0) is 12.4. The maximum atomic E-state index is 11.5. The van der Waals surface area contributed by atoms with Gasteiger partial charge in [-0.1, -0.05) is 12.1 Å². The average molecular weight is 236 g/mol. The van der Waals surface area contributed by atoms with Crippen LogP contribution in [0, 0.1) is 0 Å². The number of para-hydroxylation sites is 2. The first kappa shape index (κ1) is 11.3. The largest absolute Gasteiger partial charge is 0.506 e. The summed E-state index contributed by atoms with van der Waals surface area (Å²) in [6, 6.07) is 6.52. The van der Waals surface area contributed by atoms with Gasteiger partial charge in [0.05, 0.1) is 5.69 Å². The fraction of sp³-hybridized carbons (Fsp3) is 0.273. The smallest absolute Gasteiger partial charge is 0.325 e. The maximum Gasteiger partial charge on any atom is 0.325 e. The van der Waals surface area contributed by atoms with Gasteiger partial charge in [-0.05, 0) is 12.1 Å². The van der Waals surface area contributed by atoms with E-state index in [1.54, 1.807) is 18.2 Å². The summed E-state index contributed by atoms with van der Waals surface area (Å²) in [6.45, 7) is -0.0170. The fourth-order valence-corrected chi connectivity index (χ4v) is 1.82. The Hall–Kier alpha value is -2.24. The van der Waals surface area contributed by atoms with Gasteiger partial charge in [-0.15, -0.1) is 0 Å². The summed E-state index contributed by atoms with van der Waals surface area (Å²) in [5.74, 6) is -1.31. The highest BCUT2D eigenvalue weighted by molar-refractivity contribution is 5.86. The van der Waals surface area contributed by atoms with Crippen molar-refractivity contribution in [1.29, 1.82) is 0 Å². The number of nitrogens with zero attached hydrogens (tertiary/aromatic N) is 2. The van der Waals surface area contributed by atoms with Gasteiger partial charge in [0.1, 0.15) is 12.3 Å². The predicted octanol–water partition coefficient (Wildman–Crippen LogP) is 0.430. The second kappa shape index (κ2) is 4.32. The minimum absolute atomic E-state index is 0.0255. The number of phenolic OH excluding ortho intramolecular Hbond substituents is 1. The van der Waals surface area contributed by atoms with Crippen LogP contribution in [0.1, 0.15) is 6.42 Å². The number of phenols is 1. The molecule has 0 atom stereocenters. The number of carboxylic acids is 1. The molecule has 0 spiro atoms. The highest BCUT2D eigenvalue weighted by atomic mass is 16.4. The van der Waals surface area contributed by atoms with E-state index in [0.717, 1.165) is 5.01 Å². The normalized spacial score (nSPS) is 15.4. The zero-order valence-electron chi connectivity index (χ0n) is 9.04. The van der Waals surface area contributed by atoms with Gasteiger partial charge < -0.3 is 10.2 Å². The lowest BCUT2D eigenvalue weighted by atomic mass is 10.3. The first-order chi connectivity index (χ1) is 8.09. The van der Waals surface area contributed by atoms with Crippen LogP contribution in [0.4, 0.5) is 5.69 Å². The minimum Gasteiger partial charge on any atom is -0.506 e. The van der Waals surface area contributed by atoms with Crippen molar-refractivity contribution in [2.45, 2.75) is 6.42 Å². The van der Waals surface area contributed by atoms with Gasteiger partial charge in [-0.3, -0.25) is 14.6 Å². The predicted molar refractivity (Wildman–Crippen MR) is 59.4 cm³/mol. The minimum atomic E-state index is -1.08. The fourth-order valence-electron chi connectivity index (χ4n) is 1.82. The first-order valence-electron chi connectivity index (χ1n) is 5.17. The molecule has 6 heteroatoms. The number of carboxylic acid groups (broad SMARTS) is 1. The van der Waals surface area contributed by atoms with Gasteiger partial charge >= 0.3 is 5.97 Å². The van der Waals surface area contributed by atoms with Crippen LogP contribution < -0.4 is 5.01 Å². The molecule has 1 heterocycles. The molecular weight excluding hydrogens is 224 g/mol. The molecule has 2 N–H and O–H groups in total. The summed E-state index contributed by atoms with van der Waals surface area (Å²) in [5, 5.41) is 21.1. The molecule has 17 heavy (non-hydrogen) atoms. The molecule has 1 aromatic rings. The van der Waals surface area contributed by atoms with Crippen molar-refractivity contribution in [3.8, 4) is 5.75 Å². The summed E-state index contributed by atoms with van der Waals surface area (Å²) in [7, 11) is 0. The number of rotatable bonds is 3. The molecule has 0 unspecified atom stereocenters. The van der Waals surface area contributed by atoms with E-state index in [9.17, 15) is 14.7 Å². The summed E-state index contributed by atoms with van der Waals surface area (Å²) < 4.78 is 0. The van der Waals surface area contributed by atoms with Gasteiger partial charge in [0.15, 0.2) is 0 Å². The van der Waals surface area contributed by atoms with Crippen molar-refractivity contribution in [3.05, 3.63) is 24.3 Å². The number of anilines is 1. The van der Waals surface area contributed by atoms with Crippen molar-refractivity contribution >= 4 is 17.6 Å². The summed E-state index contributed by atoms with van der Waals surface area (Å²) >= 11 is 0. The topological polar surface area (TPSA) is 81.1 Å². The molecule has 1 aromatic carbocycles. The molecule has 1 aliphatic rings. The van der Waals surface area contributed by atoms with Gasteiger partial charge in [0.25, 0.3) is 0 Å². The summed E-state index contributed by atoms with van der Waals surface area (Å²) in [5.41, 5.74) is 0.444. The van der Waals surface area contributed by atoms with E-state index in [0.29, 0.717) is 12.2 Å². The number of aliphatic carboxylic acids is 1. The monoisotopic (exact) mass is 236 g/mol. The molecular formula is C11H12N2O4. The number of hydrogen-bond acceptors (Lipinski definition) is 4. The third kappa shape index (κ3) is 2.15. The number of carbonyl (C=O) groups excluding carboxylic acids is 1. The van der Waals surface area contributed by atoms with Crippen molar-refractivity contribution in [3.63, 3.8) is 0 Å². The molecule has 0 bridgehead atoms. The molecule has 1 amide bonds. The number of aromatic hydroxyl groups is 1. The van der Waals surface area contributed by atoms with Crippen molar-refractivity contribution in [1.82, 2.24) is 5.01 Å². The molecule has 0 aromatic heterocycles. The van der Waals surface area contributed by atoms with E-state index in [1.165, 1.54) is 11.1 Å². The molecule has 1 fully saturated rings. The molecule has 90 valence electrons. The summed E-state index contributed by atoms with van der Waals surface area (Å²) in [4.78, 5) is 22.2. The van der Waals surface area contributed by atoms with Crippen molar-refractivity contribution in [2.75, 3.05) is 18.1 Å². The van der Waals surface area contributed by atoms with E-state index in [4.69, 9.17) is 5.11 Å². The molecule has 0 radical (unpaired) electrons. The molecule has 0 saturated carbocycles. The lowest BCUT2D eigenvalue weighted by molar-refractivity contribution is -0.143. The Bertz CT molecular complexity index is 461. The number of amides is 1. The van der Waals surface area contributed by atoms with Gasteiger partial charge in [0, 0.05) is 13.0 Å². The Morgan fingerprint density at radius 1 is 1.35 bits per heavy atom. The maximum absolute atomic E-state index is 11.5. The molecule has 1 saturated heterocycles. The molecule has 2 rings (SSSR count). The van der Waals surface area contributed by atoms with Crippen LogP contribution >= 0.6 is 0 Å². The van der Waals surface area contributed by atoms with Crippen LogP contribution in [-0.4, -0.2) is 40.2 Å². The SMILES string of the molecule is O=C(O)CN1C(=O)CCN1c1ccccc1O. The van der Waals surface area contributed by atoms with E-state index in [1.807, 2.05) is 0 Å². The van der Waals surface area contributed by atoms with E-state index >= 15 is 0 Å². The standard InChI is InChI=1S/C11H12N2O4/c14-9-4-2-1-3-8(9)12-6-5-10(15)13(12)7-11(16)17/h1-4,14H,5-7H2,(H,16,17). The number of hydrazine groups is 1. The van der Waals surface area contributed by atoms with E-state index < -0.39 is 12.5 Å². The molecule has 0 aliphatic carbocycles. The number of benzene rings is 1. The summed E-state index contributed by atoms with van der Waals surface area (Å²) in [6.07, 6.45) is 0.252. The highest BCUT2D eigenvalue weighted by Gasteiger charge is 2.31. The van der Waals surface area contributed by atoms with Crippen molar-refractivity contribution < 1.29 is 19.8 Å².